The van der Waals surface area contributed by atoms with Gasteiger partial charge in [-0.2, -0.15) is 0 Å². The van der Waals surface area contributed by atoms with Crippen molar-refractivity contribution >= 4 is 5.97 Å². The summed E-state index contributed by atoms with van der Waals surface area (Å²) in [5, 5.41) is 0. The molecule has 0 saturated carbocycles. The van der Waals surface area contributed by atoms with Crippen LogP contribution in [-0.4, -0.2) is 41.3 Å². The molecule has 114 valence electrons. The van der Waals surface area contributed by atoms with Gasteiger partial charge in [-0.15, -0.1) is 6.58 Å². The molecule has 0 radical (unpaired) electrons. The van der Waals surface area contributed by atoms with Crippen LogP contribution in [0, 0.1) is 5.92 Å². The summed E-state index contributed by atoms with van der Waals surface area (Å²) in [6, 6.07) is 0.134. The van der Waals surface area contributed by atoms with Gasteiger partial charge in [0, 0.05) is 18.0 Å². The van der Waals surface area contributed by atoms with E-state index in [-0.39, 0.29) is 30.5 Å². The number of halogens is 1. The van der Waals surface area contributed by atoms with E-state index in [1.807, 2.05) is 25.7 Å². The van der Waals surface area contributed by atoms with Crippen molar-refractivity contribution in [3.63, 3.8) is 0 Å². The number of alkyl halides is 1. The quantitative estimate of drug-likeness (QED) is 0.589. The SMILES string of the molecule is C=C[C@H]1CC2CCCC([C@H]1F)N2CC(=O)OC(C)(C)C. The lowest BCUT2D eigenvalue weighted by Crippen LogP contribution is -2.59. The summed E-state index contributed by atoms with van der Waals surface area (Å²) in [4.78, 5) is 14.0. The van der Waals surface area contributed by atoms with Gasteiger partial charge in [-0.1, -0.05) is 12.5 Å². The van der Waals surface area contributed by atoms with Crippen LogP contribution < -0.4 is 0 Å². The molecule has 0 aromatic carbocycles. The van der Waals surface area contributed by atoms with Gasteiger partial charge in [0.05, 0.1) is 6.54 Å². The Morgan fingerprint density at radius 2 is 2.15 bits per heavy atom. The molecule has 0 amide bonds. The number of carbonyl (C=O) groups excluding carboxylic acids is 1. The first-order valence-corrected chi connectivity index (χ1v) is 7.56. The van der Waals surface area contributed by atoms with E-state index in [1.54, 1.807) is 6.08 Å². The van der Waals surface area contributed by atoms with Gasteiger partial charge in [-0.3, -0.25) is 9.69 Å². The number of esters is 1. The second-order valence-corrected chi connectivity index (χ2v) is 6.99. The first-order valence-electron chi connectivity index (χ1n) is 7.56. The first kappa shape index (κ1) is 15.5. The van der Waals surface area contributed by atoms with Crippen LogP contribution in [0.5, 0.6) is 0 Å². The summed E-state index contributed by atoms with van der Waals surface area (Å²) in [5.41, 5.74) is -0.485. The molecule has 4 atom stereocenters. The molecule has 2 fully saturated rings. The highest BCUT2D eigenvalue weighted by atomic mass is 19.1. The van der Waals surface area contributed by atoms with Crippen molar-refractivity contribution < 1.29 is 13.9 Å². The lowest BCUT2D eigenvalue weighted by molar-refractivity contribution is -0.160. The number of nitrogens with zero attached hydrogens (tertiary/aromatic N) is 1. The van der Waals surface area contributed by atoms with Crippen LogP contribution in [0.1, 0.15) is 46.5 Å². The van der Waals surface area contributed by atoms with Crippen molar-refractivity contribution in [3.8, 4) is 0 Å². The zero-order chi connectivity index (χ0) is 14.9. The summed E-state index contributed by atoms with van der Waals surface area (Å²) in [7, 11) is 0. The molecule has 2 aliphatic heterocycles. The largest absolute Gasteiger partial charge is 0.459 e. The third-order valence-electron chi connectivity index (χ3n) is 4.29. The Labute approximate surface area is 121 Å². The topological polar surface area (TPSA) is 29.5 Å². The van der Waals surface area contributed by atoms with Gasteiger partial charge in [0.25, 0.3) is 0 Å². The zero-order valence-corrected chi connectivity index (χ0v) is 12.8. The Morgan fingerprint density at radius 1 is 1.45 bits per heavy atom. The van der Waals surface area contributed by atoms with Gasteiger partial charge in [-0.05, 0) is 40.0 Å². The Bertz CT molecular complexity index is 377. The number of fused-ring (bicyclic) bond motifs is 2. The highest BCUT2D eigenvalue weighted by Gasteiger charge is 2.45. The van der Waals surface area contributed by atoms with E-state index in [9.17, 15) is 9.18 Å². The van der Waals surface area contributed by atoms with Crippen LogP contribution >= 0.6 is 0 Å². The fourth-order valence-electron chi connectivity index (χ4n) is 3.49. The summed E-state index contributed by atoms with van der Waals surface area (Å²) < 4.78 is 19.9. The van der Waals surface area contributed by atoms with Crippen LogP contribution in [0.3, 0.4) is 0 Å². The molecule has 2 rings (SSSR count). The zero-order valence-electron chi connectivity index (χ0n) is 12.8. The normalized spacial score (nSPS) is 34.6. The second-order valence-electron chi connectivity index (χ2n) is 6.99. The molecule has 4 heteroatoms. The molecule has 0 spiro atoms. The van der Waals surface area contributed by atoms with Crippen molar-refractivity contribution in [2.75, 3.05) is 6.54 Å². The lowest BCUT2D eigenvalue weighted by atomic mass is 9.77. The van der Waals surface area contributed by atoms with Crippen LogP contribution in [0.15, 0.2) is 12.7 Å². The molecule has 0 aliphatic carbocycles. The monoisotopic (exact) mass is 283 g/mol. The smallest absolute Gasteiger partial charge is 0.320 e. The number of ether oxygens (including phenoxy) is 1. The summed E-state index contributed by atoms with van der Waals surface area (Å²) in [5.74, 6) is -0.321. The van der Waals surface area contributed by atoms with Gasteiger partial charge in [0.2, 0.25) is 0 Å². The van der Waals surface area contributed by atoms with Gasteiger partial charge < -0.3 is 4.74 Å². The minimum atomic E-state index is -0.911. The maximum atomic E-state index is 14.5. The van der Waals surface area contributed by atoms with E-state index >= 15 is 0 Å². The molecule has 2 saturated heterocycles. The first-order chi connectivity index (χ1) is 9.31. The fourth-order valence-corrected chi connectivity index (χ4v) is 3.49. The van der Waals surface area contributed by atoms with E-state index in [1.165, 1.54) is 0 Å². The number of rotatable bonds is 3. The van der Waals surface area contributed by atoms with Gasteiger partial charge in [0.15, 0.2) is 0 Å². The molecule has 2 heterocycles. The third-order valence-corrected chi connectivity index (χ3v) is 4.29. The Balaban J connectivity index is 2.04. The minimum Gasteiger partial charge on any atom is -0.459 e. The summed E-state index contributed by atoms with van der Waals surface area (Å²) in [6.45, 7) is 9.52. The van der Waals surface area contributed by atoms with Crippen LogP contribution in [0.25, 0.3) is 0 Å². The van der Waals surface area contributed by atoms with Crippen molar-refractivity contribution in [1.82, 2.24) is 4.90 Å². The molecule has 2 unspecified atom stereocenters. The van der Waals surface area contributed by atoms with E-state index < -0.39 is 11.8 Å². The molecule has 2 aliphatic rings. The second kappa shape index (κ2) is 5.84. The standard InChI is InChI=1S/C16H26FNO2/c1-5-11-9-12-7-6-8-13(15(11)17)18(12)10-14(19)20-16(2,3)4/h5,11-13,15H,1,6-10H2,2-4H3/t11-,12?,13?,15-/m0/s1. The van der Waals surface area contributed by atoms with Crippen molar-refractivity contribution in [2.45, 2.75) is 70.3 Å². The summed E-state index contributed by atoms with van der Waals surface area (Å²) in [6.07, 6.45) is 4.50. The molecular formula is C16H26FNO2. The molecule has 0 aromatic heterocycles. The molecular weight excluding hydrogens is 257 g/mol. The predicted octanol–water partition coefficient (Wildman–Crippen LogP) is 3.10. The van der Waals surface area contributed by atoms with Gasteiger partial charge in [0.1, 0.15) is 11.8 Å². The molecule has 20 heavy (non-hydrogen) atoms. The van der Waals surface area contributed by atoms with Crippen molar-refractivity contribution in [3.05, 3.63) is 12.7 Å². The van der Waals surface area contributed by atoms with E-state index in [0.717, 1.165) is 25.7 Å². The number of piperidine rings is 2. The van der Waals surface area contributed by atoms with E-state index in [2.05, 4.69) is 6.58 Å². The van der Waals surface area contributed by atoms with E-state index in [4.69, 9.17) is 4.74 Å². The number of hydrogen-bond donors (Lipinski definition) is 0. The highest BCUT2D eigenvalue weighted by molar-refractivity contribution is 5.72. The average molecular weight is 283 g/mol. The predicted molar refractivity (Wildman–Crippen MR) is 77.2 cm³/mol. The fraction of sp³-hybridized carbons (Fsp3) is 0.812. The maximum Gasteiger partial charge on any atom is 0.320 e. The highest BCUT2D eigenvalue weighted by Crippen LogP contribution is 2.39. The Kier molecular flexibility index (Phi) is 4.52. The molecule has 0 aromatic rings. The Morgan fingerprint density at radius 3 is 2.75 bits per heavy atom. The average Bonchev–Trinajstić information content (AvgIpc) is 2.32. The maximum absolute atomic E-state index is 14.5. The van der Waals surface area contributed by atoms with Crippen LogP contribution in [0.2, 0.25) is 0 Å². The van der Waals surface area contributed by atoms with Gasteiger partial charge >= 0.3 is 5.97 Å². The molecule has 0 N–H and O–H groups in total. The summed E-state index contributed by atoms with van der Waals surface area (Å²) >= 11 is 0. The van der Waals surface area contributed by atoms with Crippen LogP contribution in [0.4, 0.5) is 4.39 Å². The van der Waals surface area contributed by atoms with Gasteiger partial charge in [-0.25, -0.2) is 4.39 Å². The number of hydrogen-bond acceptors (Lipinski definition) is 3. The third kappa shape index (κ3) is 3.40. The lowest BCUT2D eigenvalue weighted by Gasteiger charge is -2.49. The number of allylic oxidation sites excluding steroid dienone is 1. The number of carbonyl (C=O) groups is 1. The molecule has 2 bridgehead atoms. The molecule has 3 nitrogen and oxygen atoms in total. The van der Waals surface area contributed by atoms with Crippen molar-refractivity contribution in [2.24, 2.45) is 5.92 Å². The van der Waals surface area contributed by atoms with Crippen molar-refractivity contribution in [1.29, 1.82) is 0 Å². The van der Waals surface area contributed by atoms with Crippen LogP contribution in [-0.2, 0) is 9.53 Å². The minimum absolute atomic E-state index is 0.0693. The Hall–Kier alpha value is -0.900. The van der Waals surface area contributed by atoms with E-state index in [0.29, 0.717) is 0 Å².